The molecular weight excluding hydrogens is 250 g/mol. The number of rotatable bonds is 6. The average Bonchev–Trinajstić information content (AvgIpc) is 2.20. The summed E-state index contributed by atoms with van der Waals surface area (Å²) in [5, 5.41) is 6.22. The molecule has 0 atom stereocenters. The van der Waals surface area contributed by atoms with Crippen LogP contribution in [0.25, 0.3) is 0 Å². The van der Waals surface area contributed by atoms with E-state index < -0.39 is 14.6 Å². The minimum atomic E-state index is -3.09. The molecule has 2 N–H and O–H groups in total. The predicted molar refractivity (Wildman–Crippen MR) is 77.7 cm³/mol. The molecule has 108 valence electrons. The third kappa shape index (κ3) is 6.23. The number of hydrogen-bond acceptors (Lipinski definition) is 3. The van der Waals surface area contributed by atoms with Crippen molar-refractivity contribution in [1.29, 1.82) is 0 Å². The third-order valence-corrected chi connectivity index (χ3v) is 5.07. The number of sulfone groups is 1. The minimum absolute atomic E-state index is 0.340. The Balaban J connectivity index is 4.26. The summed E-state index contributed by atoms with van der Waals surface area (Å²) in [4.78, 5) is 4.07. The summed E-state index contributed by atoms with van der Waals surface area (Å²) in [7, 11) is -1.41. The van der Waals surface area contributed by atoms with Gasteiger partial charge < -0.3 is 10.6 Å². The van der Waals surface area contributed by atoms with Crippen molar-refractivity contribution in [1.82, 2.24) is 10.6 Å². The van der Waals surface area contributed by atoms with Crippen molar-refractivity contribution in [3.63, 3.8) is 0 Å². The zero-order valence-corrected chi connectivity index (χ0v) is 13.2. The predicted octanol–water partition coefficient (Wildman–Crippen LogP) is 1.02. The largest absolute Gasteiger partial charge is 0.356 e. The fourth-order valence-corrected chi connectivity index (χ4v) is 1.46. The van der Waals surface area contributed by atoms with Gasteiger partial charge in [0.25, 0.3) is 0 Å². The summed E-state index contributed by atoms with van der Waals surface area (Å²) in [6.07, 6.45) is 2.31. The molecule has 18 heavy (non-hydrogen) atoms. The molecule has 0 unspecified atom stereocenters. The van der Waals surface area contributed by atoms with Crippen molar-refractivity contribution < 1.29 is 8.42 Å². The molecule has 0 heterocycles. The lowest BCUT2D eigenvalue weighted by atomic mass is 10.1. The lowest BCUT2D eigenvalue weighted by Gasteiger charge is -2.24. The molecule has 0 bridgehead atoms. The number of nitrogens with one attached hydrogen (secondary N) is 2. The van der Waals surface area contributed by atoms with Gasteiger partial charge in [0.15, 0.2) is 15.8 Å². The summed E-state index contributed by atoms with van der Waals surface area (Å²) < 4.78 is 22.3. The summed E-state index contributed by atoms with van der Waals surface area (Å²) in [6, 6.07) is 0. The Morgan fingerprint density at radius 1 is 1.28 bits per heavy atom. The van der Waals surface area contributed by atoms with Crippen LogP contribution in [0.5, 0.6) is 0 Å². The highest BCUT2D eigenvalue weighted by atomic mass is 32.2. The van der Waals surface area contributed by atoms with E-state index in [9.17, 15) is 8.42 Å². The SMILES string of the molecule is CN=C(NCCC(C)C)NCC(C)(C)S(C)(=O)=O. The van der Waals surface area contributed by atoms with Gasteiger partial charge in [0.1, 0.15) is 0 Å². The molecular formula is C12H27N3O2S. The van der Waals surface area contributed by atoms with E-state index in [1.165, 1.54) is 6.26 Å². The molecule has 0 rings (SSSR count). The average molecular weight is 277 g/mol. The quantitative estimate of drug-likeness (QED) is 0.562. The monoisotopic (exact) mass is 277 g/mol. The van der Waals surface area contributed by atoms with E-state index in [1.54, 1.807) is 20.9 Å². The van der Waals surface area contributed by atoms with Gasteiger partial charge in [-0.05, 0) is 26.2 Å². The van der Waals surface area contributed by atoms with Gasteiger partial charge in [-0.2, -0.15) is 0 Å². The van der Waals surface area contributed by atoms with Crippen LogP contribution < -0.4 is 10.6 Å². The van der Waals surface area contributed by atoms with Crippen LogP contribution in [0.1, 0.15) is 34.1 Å². The first-order chi connectivity index (χ1) is 8.10. The topological polar surface area (TPSA) is 70.6 Å². The maximum atomic E-state index is 11.6. The third-order valence-electron chi connectivity index (χ3n) is 2.92. The fourth-order valence-electron chi connectivity index (χ4n) is 1.13. The first-order valence-corrected chi connectivity index (χ1v) is 8.13. The lowest BCUT2D eigenvalue weighted by Crippen LogP contribution is -2.47. The minimum Gasteiger partial charge on any atom is -0.356 e. The van der Waals surface area contributed by atoms with Crippen molar-refractivity contribution in [2.45, 2.75) is 38.9 Å². The molecule has 0 aromatic heterocycles. The molecule has 0 saturated carbocycles. The van der Waals surface area contributed by atoms with Crippen LogP contribution >= 0.6 is 0 Å². The van der Waals surface area contributed by atoms with Crippen molar-refractivity contribution in [3.05, 3.63) is 0 Å². The van der Waals surface area contributed by atoms with Crippen LogP contribution in [0.3, 0.4) is 0 Å². The smallest absolute Gasteiger partial charge is 0.191 e. The molecule has 5 nitrogen and oxygen atoms in total. The summed E-state index contributed by atoms with van der Waals surface area (Å²) in [5.74, 6) is 1.27. The molecule has 0 amide bonds. The fraction of sp³-hybridized carbons (Fsp3) is 0.917. The molecule has 6 heteroatoms. The summed E-state index contributed by atoms with van der Waals surface area (Å²) in [5.41, 5.74) is 0. The summed E-state index contributed by atoms with van der Waals surface area (Å²) in [6.45, 7) is 8.90. The lowest BCUT2D eigenvalue weighted by molar-refractivity contribution is 0.541. The number of nitrogens with zero attached hydrogens (tertiary/aromatic N) is 1. The van der Waals surface area contributed by atoms with E-state index in [4.69, 9.17) is 0 Å². The molecule has 0 fully saturated rings. The number of aliphatic imine (C=N–C) groups is 1. The van der Waals surface area contributed by atoms with Crippen LogP contribution in [0.15, 0.2) is 4.99 Å². The highest BCUT2D eigenvalue weighted by Gasteiger charge is 2.30. The van der Waals surface area contributed by atoms with Crippen molar-refractivity contribution in [3.8, 4) is 0 Å². The van der Waals surface area contributed by atoms with E-state index in [0.717, 1.165) is 13.0 Å². The van der Waals surface area contributed by atoms with Gasteiger partial charge >= 0.3 is 0 Å². The molecule has 0 radical (unpaired) electrons. The Hall–Kier alpha value is -0.780. The zero-order chi connectivity index (χ0) is 14.4. The maximum absolute atomic E-state index is 11.6. The van der Waals surface area contributed by atoms with Crippen molar-refractivity contribution >= 4 is 15.8 Å². The standard InChI is InChI=1S/C12H27N3O2S/c1-10(2)7-8-14-11(13-5)15-9-12(3,4)18(6,16)17/h10H,7-9H2,1-6H3,(H2,13,14,15). The molecule has 0 aromatic carbocycles. The van der Waals surface area contributed by atoms with Crippen LogP contribution in [-0.4, -0.2) is 45.5 Å². The highest BCUT2D eigenvalue weighted by molar-refractivity contribution is 7.92. The van der Waals surface area contributed by atoms with E-state index in [1.807, 2.05) is 0 Å². The highest BCUT2D eigenvalue weighted by Crippen LogP contribution is 2.13. The second-order valence-electron chi connectivity index (χ2n) is 5.57. The summed E-state index contributed by atoms with van der Waals surface area (Å²) >= 11 is 0. The molecule has 0 aromatic rings. The Morgan fingerprint density at radius 3 is 2.22 bits per heavy atom. The van der Waals surface area contributed by atoms with E-state index in [0.29, 0.717) is 18.4 Å². The van der Waals surface area contributed by atoms with Gasteiger partial charge in [-0.25, -0.2) is 8.42 Å². The zero-order valence-electron chi connectivity index (χ0n) is 12.4. The van der Waals surface area contributed by atoms with Gasteiger partial charge in [0.05, 0.1) is 4.75 Å². The second-order valence-corrected chi connectivity index (χ2v) is 8.22. The first kappa shape index (κ1) is 17.2. The molecule has 0 aliphatic heterocycles. The number of hydrogen-bond donors (Lipinski definition) is 2. The Labute approximate surface area is 111 Å². The second kappa shape index (κ2) is 6.97. The van der Waals surface area contributed by atoms with Crippen LogP contribution in [0, 0.1) is 5.92 Å². The van der Waals surface area contributed by atoms with Gasteiger partial charge in [0, 0.05) is 26.4 Å². The van der Waals surface area contributed by atoms with E-state index in [-0.39, 0.29) is 0 Å². The van der Waals surface area contributed by atoms with Crippen molar-refractivity contribution in [2.75, 3.05) is 26.4 Å². The molecule has 0 aliphatic carbocycles. The molecule has 0 spiro atoms. The van der Waals surface area contributed by atoms with Gasteiger partial charge in [-0.3, -0.25) is 4.99 Å². The number of guanidine groups is 1. The Bertz CT molecular complexity index is 373. The van der Waals surface area contributed by atoms with Crippen LogP contribution in [0.2, 0.25) is 0 Å². The van der Waals surface area contributed by atoms with E-state index >= 15 is 0 Å². The molecule has 0 aliphatic rings. The molecule has 0 saturated heterocycles. The van der Waals surface area contributed by atoms with Crippen molar-refractivity contribution in [2.24, 2.45) is 10.9 Å². The van der Waals surface area contributed by atoms with Gasteiger partial charge in [-0.15, -0.1) is 0 Å². The van der Waals surface area contributed by atoms with Crippen LogP contribution in [-0.2, 0) is 9.84 Å². The van der Waals surface area contributed by atoms with Crippen LogP contribution in [0.4, 0.5) is 0 Å². The normalized spacial score (nSPS) is 13.8. The maximum Gasteiger partial charge on any atom is 0.191 e. The Kier molecular flexibility index (Phi) is 6.67. The van der Waals surface area contributed by atoms with Gasteiger partial charge in [0.2, 0.25) is 0 Å². The Morgan fingerprint density at radius 2 is 1.83 bits per heavy atom. The first-order valence-electron chi connectivity index (χ1n) is 6.24. The van der Waals surface area contributed by atoms with Gasteiger partial charge in [-0.1, -0.05) is 13.8 Å². The van der Waals surface area contributed by atoms with E-state index in [2.05, 4.69) is 29.5 Å².